The topological polar surface area (TPSA) is 55.8 Å². The Morgan fingerprint density at radius 3 is 1.94 bits per heavy atom. The molecule has 0 unspecified atom stereocenters. The van der Waals surface area contributed by atoms with E-state index in [1.54, 1.807) is 7.11 Å². The summed E-state index contributed by atoms with van der Waals surface area (Å²) in [5, 5.41) is 0.425. The van der Waals surface area contributed by atoms with Crippen molar-refractivity contribution < 1.29 is 19.1 Å². The van der Waals surface area contributed by atoms with Crippen LogP contribution in [0.5, 0.6) is 11.5 Å². The van der Waals surface area contributed by atoms with Crippen LogP contribution in [0.2, 0.25) is 5.02 Å². The zero-order valence-electron chi connectivity index (χ0n) is 22.1. The maximum absolute atomic E-state index is 13.8. The minimum absolute atomic E-state index is 0.121. The van der Waals surface area contributed by atoms with Gasteiger partial charge in [-0.05, 0) is 54.7 Å². The second-order valence-corrected chi connectivity index (χ2v) is 12.1. The van der Waals surface area contributed by atoms with E-state index in [-0.39, 0.29) is 22.4 Å². The molecule has 190 valence electrons. The fourth-order valence-corrected chi connectivity index (χ4v) is 6.34. The van der Waals surface area contributed by atoms with Crippen molar-refractivity contribution in [3.05, 3.63) is 45.3 Å². The number of methoxy groups -OCH3 is 1. The minimum atomic E-state index is -0.442. The minimum Gasteiger partial charge on any atom is -0.493 e. The van der Waals surface area contributed by atoms with Gasteiger partial charge in [-0.2, -0.15) is 0 Å². The molecule has 4 rings (SSSR count). The highest BCUT2D eigenvalue weighted by Crippen LogP contribution is 2.55. The molecular formula is C29H38ClNO4. The lowest BCUT2D eigenvalue weighted by Crippen LogP contribution is -2.44. The summed E-state index contributed by atoms with van der Waals surface area (Å²) in [5.41, 5.74) is 4.21. The van der Waals surface area contributed by atoms with E-state index in [1.165, 1.54) is 0 Å². The Morgan fingerprint density at radius 1 is 0.943 bits per heavy atom. The van der Waals surface area contributed by atoms with Gasteiger partial charge in [0.05, 0.1) is 18.7 Å². The van der Waals surface area contributed by atoms with Gasteiger partial charge in [0.2, 0.25) is 0 Å². The van der Waals surface area contributed by atoms with E-state index in [4.69, 9.17) is 21.1 Å². The van der Waals surface area contributed by atoms with E-state index in [9.17, 15) is 9.59 Å². The number of rotatable bonds is 6. The number of benzene rings is 1. The molecule has 0 saturated heterocycles. The Kier molecular flexibility index (Phi) is 6.87. The second-order valence-electron chi connectivity index (χ2n) is 11.7. The lowest BCUT2D eigenvalue weighted by molar-refractivity contribution is -0.119. The van der Waals surface area contributed by atoms with Crippen molar-refractivity contribution in [2.75, 3.05) is 20.3 Å². The molecule has 3 aliphatic rings. The fourth-order valence-electron chi connectivity index (χ4n) is 6.07. The summed E-state index contributed by atoms with van der Waals surface area (Å²) in [6.45, 7) is 13.9. The summed E-state index contributed by atoms with van der Waals surface area (Å²) in [7, 11) is 1.58. The molecule has 0 saturated carbocycles. The Morgan fingerprint density at radius 2 is 1.49 bits per heavy atom. The maximum atomic E-state index is 13.8. The van der Waals surface area contributed by atoms with Crippen molar-refractivity contribution in [3.8, 4) is 11.5 Å². The number of hydrogen-bond donors (Lipinski definition) is 0. The van der Waals surface area contributed by atoms with Crippen LogP contribution in [0.3, 0.4) is 0 Å². The Hall–Kier alpha value is -2.27. The molecule has 2 aliphatic carbocycles. The summed E-state index contributed by atoms with van der Waals surface area (Å²) < 4.78 is 11.4. The van der Waals surface area contributed by atoms with Crippen LogP contribution in [0.1, 0.15) is 85.1 Å². The molecule has 5 nitrogen and oxygen atoms in total. The first-order valence-corrected chi connectivity index (χ1v) is 13.1. The monoisotopic (exact) mass is 499 g/mol. The summed E-state index contributed by atoms with van der Waals surface area (Å²) in [6.07, 6.45) is 3.47. The van der Waals surface area contributed by atoms with E-state index in [0.29, 0.717) is 36.0 Å². The number of nitrogens with zero attached hydrogens (tertiary/aromatic N) is 1. The van der Waals surface area contributed by atoms with Crippen molar-refractivity contribution in [3.63, 3.8) is 0 Å². The van der Waals surface area contributed by atoms with Gasteiger partial charge < -0.3 is 14.4 Å². The molecule has 1 aliphatic heterocycles. The molecule has 6 heteroatoms. The lowest BCUT2D eigenvalue weighted by atomic mass is 9.63. The predicted octanol–water partition coefficient (Wildman–Crippen LogP) is 6.84. The Labute approximate surface area is 214 Å². The normalized spacial score (nSPS) is 21.8. The van der Waals surface area contributed by atoms with Crippen molar-refractivity contribution in [1.29, 1.82) is 0 Å². The zero-order chi connectivity index (χ0) is 25.7. The lowest BCUT2D eigenvalue weighted by Gasteiger charge is -2.49. The third kappa shape index (κ3) is 4.64. The van der Waals surface area contributed by atoms with Gasteiger partial charge in [-0.3, -0.25) is 9.59 Å². The van der Waals surface area contributed by atoms with Gasteiger partial charge in [-0.25, -0.2) is 0 Å². The molecule has 0 fully saturated rings. The number of Topliss-reactive ketones (excluding diaryl/α,β-unsaturated/α-hetero) is 2. The molecule has 0 aromatic heterocycles. The van der Waals surface area contributed by atoms with Crippen LogP contribution in [0.15, 0.2) is 34.7 Å². The van der Waals surface area contributed by atoms with Crippen LogP contribution in [-0.4, -0.2) is 36.7 Å². The first kappa shape index (κ1) is 25.8. The van der Waals surface area contributed by atoms with Crippen molar-refractivity contribution in [1.82, 2.24) is 4.90 Å². The molecule has 35 heavy (non-hydrogen) atoms. The highest BCUT2D eigenvalue weighted by atomic mass is 35.5. The molecule has 0 amide bonds. The van der Waals surface area contributed by atoms with E-state index in [1.807, 2.05) is 19.1 Å². The number of carbonyl (C=O) groups excluding carboxylic acids is 2. The third-order valence-corrected chi connectivity index (χ3v) is 7.62. The molecule has 1 aromatic carbocycles. The average molecular weight is 500 g/mol. The van der Waals surface area contributed by atoms with Crippen molar-refractivity contribution in [2.24, 2.45) is 10.8 Å². The van der Waals surface area contributed by atoms with Gasteiger partial charge in [0, 0.05) is 47.8 Å². The molecular weight excluding hydrogens is 462 g/mol. The summed E-state index contributed by atoms with van der Waals surface area (Å²) in [5.74, 6) is 0.801. The van der Waals surface area contributed by atoms with Gasteiger partial charge in [-0.15, -0.1) is 0 Å². The van der Waals surface area contributed by atoms with Gasteiger partial charge in [0.15, 0.2) is 23.1 Å². The van der Waals surface area contributed by atoms with E-state index in [2.05, 4.69) is 39.5 Å². The summed E-state index contributed by atoms with van der Waals surface area (Å²) in [6, 6.07) is 3.75. The maximum Gasteiger partial charge on any atom is 0.179 e. The standard InChI is InChI=1S/C29H38ClNO4/c1-8-10-31-19-13-28(3,4)15-21(32)25(19)24(26-20(31)14-29(5,6)16-22(26)33)17-11-18(30)27(35-9-2)23(12-17)34-7/h11-12,24H,8-10,13-16H2,1-7H3. The molecule has 0 spiro atoms. The molecule has 1 aromatic rings. The van der Waals surface area contributed by atoms with E-state index in [0.717, 1.165) is 53.9 Å². The van der Waals surface area contributed by atoms with Gasteiger partial charge in [-0.1, -0.05) is 46.2 Å². The number of ketones is 2. The Balaban J connectivity index is 2.01. The van der Waals surface area contributed by atoms with Crippen molar-refractivity contribution >= 4 is 23.2 Å². The largest absolute Gasteiger partial charge is 0.493 e. The average Bonchev–Trinajstić information content (AvgIpc) is 2.74. The molecule has 0 atom stereocenters. The summed E-state index contributed by atoms with van der Waals surface area (Å²) in [4.78, 5) is 29.9. The van der Waals surface area contributed by atoms with Crippen LogP contribution in [0.25, 0.3) is 0 Å². The van der Waals surface area contributed by atoms with Crippen LogP contribution in [0.4, 0.5) is 0 Å². The highest BCUT2D eigenvalue weighted by molar-refractivity contribution is 6.32. The smallest absolute Gasteiger partial charge is 0.179 e. The molecule has 0 bridgehead atoms. The number of hydrogen-bond acceptors (Lipinski definition) is 5. The first-order chi connectivity index (χ1) is 16.4. The predicted molar refractivity (Wildman–Crippen MR) is 139 cm³/mol. The number of halogens is 1. The molecule has 1 heterocycles. The molecule has 0 N–H and O–H groups in total. The van der Waals surface area contributed by atoms with Gasteiger partial charge in [0.25, 0.3) is 0 Å². The van der Waals surface area contributed by atoms with Crippen molar-refractivity contribution in [2.45, 2.75) is 79.6 Å². The third-order valence-electron chi connectivity index (χ3n) is 7.34. The summed E-state index contributed by atoms with van der Waals surface area (Å²) >= 11 is 6.69. The first-order valence-electron chi connectivity index (χ1n) is 12.7. The van der Waals surface area contributed by atoms with Crippen LogP contribution >= 0.6 is 11.6 Å². The van der Waals surface area contributed by atoms with E-state index >= 15 is 0 Å². The number of ether oxygens (including phenoxy) is 2. The second kappa shape index (κ2) is 9.31. The van der Waals surface area contributed by atoms with Gasteiger partial charge in [0.1, 0.15) is 0 Å². The molecule has 0 radical (unpaired) electrons. The van der Waals surface area contributed by atoms with Crippen LogP contribution in [-0.2, 0) is 9.59 Å². The highest BCUT2D eigenvalue weighted by Gasteiger charge is 2.49. The zero-order valence-corrected chi connectivity index (χ0v) is 22.9. The Bertz CT molecular complexity index is 1070. The SMILES string of the molecule is CCCN1C2=C(C(=O)CC(C)(C)C2)C(c2cc(Cl)c(OCC)c(OC)c2)C2=C1CC(C)(C)CC2=O. The number of allylic oxidation sites excluding steroid dienone is 4. The van der Waals surface area contributed by atoms with Gasteiger partial charge >= 0.3 is 0 Å². The van der Waals surface area contributed by atoms with E-state index < -0.39 is 5.92 Å². The van der Waals surface area contributed by atoms with Crippen LogP contribution < -0.4 is 9.47 Å². The fraction of sp³-hybridized carbons (Fsp3) is 0.586. The quantitative estimate of drug-likeness (QED) is 0.428. The number of carbonyl (C=O) groups is 2. The van der Waals surface area contributed by atoms with Crippen LogP contribution in [0, 0.1) is 10.8 Å².